The fourth-order valence-electron chi connectivity index (χ4n) is 4.38. The summed E-state index contributed by atoms with van der Waals surface area (Å²) < 4.78 is 5.69. The van der Waals surface area contributed by atoms with Crippen molar-refractivity contribution in [2.45, 2.75) is 26.2 Å². The van der Waals surface area contributed by atoms with Crippen LogP contribution in [0.3, 0.4) is 0 Å². The Balaban J connectivity index is 1.88. The Morgan fingerprint density at radius 2 is 1.95 bits per heavy atom. The van der Waals surface area contributed by atoms with E-state index in [4.69, 9.17) is 4.74 Å². The maximum Gasteiger partial charge on any atom is 0.314 e. The Morgan fingerprint density at radius 1 is 1.16 bits per heavy atom. The minimum absolute atomic E-state index is 0.0396. The predicted molar refractivity (Wildman–Crippen MR) is 72.9 cm³/mol. The van der Waals surface area contributed by atoms with Gasteiger partial charge in [-0.15, -0.1) is 0 Å². The van der Waals surface area contributed by atoms with E-state index in [1.54, 1.807) is 0 Å². The van der Waals surface area contributed by atoms with Crippen molar-refractivity contribution in [3.05, 3.63) is 41.5 Å². The number of hydrogen-bond donors (Lipinski definition) is 0. The van der Waals surface area contributed by atoms with Crippen LogP contribution in [0.5, 0.6) is 0 Å². The number of carbonyl (C=O) groups excluding carboxylic acids is 1. The molecule has 4 rings (SSSR count). The Bertz CT molecular complexity index is 558. The van der Waals surface area contributed by atoms with E-state index in [1.807, 2.05) is 25.1 Å². The van der Waals surface area contributed by atoms with E-state index < -0.39 is 0 Å². The van der Waals surface area contributed by atoms with E-state index in [0.29, 0.717) is 17.8 Å². The zero-order chi connectivity index (χ0) is 13.0. The van der Waals surface area contributed by atoms with Gasteiger partial charge in [0.1, 0.15) is 5.76 Å². The molecule has 0 amide bonds. The van der Waals surface area contributed by atoms with Crippen molar-refractivity contribution < 1.29 is 9.53 Å². The second-order valence-corrected chi connectivity index (χ2v) is 6.16. The maximum absolute atomic E-state index is 12.1. The van der Waals surface area contributed by atoms with E-state index >= 15 is 0 Å². The molecule has 19 heavy (non-hydrogen) atoms. The van der Waals surface area contributed by atoms with Crippen molar-refractivity contribution in [3.8, 4) is 0 Å². The van der Waals surface area contributed by atoms with Crippen molar-refractivity contribution >= 4 is 11.7 Å². The summed E-state index contributed by atoms with van der Waals surface area (Å²) in [5.74, 6) is 2.68. The molecule has 1 aliphatic heterocycles. The highest BCUT2D eigenvalue weighted by Gasteiger charge is 2.52. The average Bonchev–Trinajstić information content (AvgIpc) is 3.05. The molecule has 1 heterocycles. The zero-order valence-corrected chi connectivity index (χ0v) is 11.1. The molecule has 2 bridgehead atoms. The van der Waals surface area contributed by atoms with Crippen LogP contribution in [-0.2, 0) is 9.53 Å². The highest BCUT2D eigenvalue weighted by molar-refractivity contribution is 5.85. The molecule has 2 saturated carbocycles. The van der Waals surface area contributed by atoms with Gasteiger partial charge >= 0.3 is 5.97 Å². The SMILES string of the molecule is CC1C(=O)OC(c2ccccc2)=C2C3CCC(C3)C21. The lowest BCUT2D eigenvalue weighted by Gasteiger charge is -2.35. The average molecular weight is 254 g/mol. The van der Waals surface area contributed by atoms with Crippen LogP contribution < -0.4 is 0 Å². The molecule has 2 aliphatic carbocycles. The first-order chi connectivity index (χ1) is 9.25. The van der Waals surface area contributed by atoms with Crippen LogP contribution in [0.2, 0.25) is 0 Å². The van der Waals surface area contributed by atoms with Gasteiger partial charge in [-0.25, -0.2) is 0 Å². The van der Waals surface area contributed by atoms with Crippen molar-refractivity contribution in [2.24, 2.45) is 23.7 Å². The summed E-state index contributed by atoms with van der Waals surface area (Å²) in [5, 5.41) is 0. The fourth-order valence-corrected chi connectivity index (χ4v) is 4.38. The number of rotatable bonds is 1. The molecule has 1 aromatic rings. The van der Waals surface area contributed by atoms with Gasteiger partial charge in [0.05, 0.1) is 5.92 Å². The zero-order valence-electron chi connectivity index (χ0n) is 11.1. The number of benzene rings is 1. The van der Waals surface area contributed by atoms with Gasteiger partial charge in [-0.1, -0.05) is 37.3 Å². The van der Waals surface area contributed by atoms with E-state index in [9.17, 15) is 4.79 Å². The minimum Gasteiger partial charge on any atom is -0.426 e. The lowest BCUT2D eigenvalue weighted by molar-refractivity contribution is -0.144. The van der Waals surface area contributed by atoms with Gasteiger partial charge in [0.25, 0.3) is 0 Å². The van der Waals surface area contributed by atoms with Crippen molar-refractivity contribution in [1.29, 1.82) is 0 Å². The molecule has 98 valence electrons. The Kier molecular flexibility index (Phi) is 2.35. The maximum atomic E-state index is 12.1. The van der Waals surface area contributed by atoms with Crippen LogP contribution in [0, 0.1) is 23.7 Å². The summed E-state index contributed by atoms with van der Waals surface area (Å²) in [7, 11) is 0. The second-order valence-electron chi connectivity index (χ2n) is 6.16. The van der Waals surface area contributed by atoms with Gasteiger partial charge in [0.2, 0.25) is 0 Å². The van der Waals surface area contributed by atoms with Crippen LogP contribution in [0.15, 0.2) is 35.9 Å². The van der Waals surface area contributed by atoms with Crippen LogP contribution in [0.1, 0.15) is 31.7 Å². The van der Waals surface area contributed by atoms with E-state index in [2.05, 4.69) is 12.1 Å². The molecule has 1 aromatic carbocycles. The van der Waals surface area contributed by atoms with Gasteiger partial charge in [0, 0.05) is 5.56 Å². The van der Waals surface area contributed by atoms with Gasteiger partial charge in [-0.05, 0) is 42.6 Å². The van der Waals surface area contributed by atoms with E-state index in [1.165, 1.54) is 24.8 Å². The summed E-state index contributed by atoms with van der Waals surface area (Å²) in [4.78, 5) is 12.1. The molecule has 0 spiro atoms. The lowest BCUT2D eigenvalue weighted by atomic mass is 9.74. The third kappa shape index (κ3) is 1.52. The van der Waals surface area contributed by atoms with Gasteiger partial charge in [0.15, 0.2) is 0 Å². The largest absolute Gasteiger partial charge is 0.426 e. The van der Waals surface area contributed by atoms with E-state index in [0.717, 1.165) is 11.3 Å². The Hall–Kier alpha value is -1.57. The number of allylic oxidation sites excluding steroid dienone is 1. The van der Waals surface area contributed by atoms with Crippen LogP contribution in [-0.4, -0.2) is 5.97 Å². The lowest BCUT2D eigenvalue weighted by Crippen LogP contribution is -2.33. The topological polar surface area (TPSA) is 26.3 Å². The number of esters is 1. The molecule has 2 nitrogen and oxygen atoms in total. The highest BCUT2D eigenvalue weighted by atomic mass is 16.5. The molecule has 2 heteroatoms. The van der Waals surface area contributed by atoms with Crippen molar-refractivity contribution in [1.82, 2.24) is 0 Å². The molecular formula is C17H18O2. The van der Waals surface area contributed by atoms with Gasteiger partial charge in [-0.2, -0.15) is 0 Å². The number of ether oxygens (including phenoxy) is 1. The molecule has 3 aliphatic rings. The first-order valence-corrected chi connectivity index (χ1v) is 7.27. The number of fused-ring (bicyclic) bond motifs is 5. The minimum atomic E-state index is -0.0415. The van der Waals surface area contributed by atoms with Crippen LogP contribution >= 0.6 is 0 Å². The first-order valence-electron chi connectivity index (χ1n) is 7.27. The summed E-state index contributed by atoms with van der Waals surface area (Å²) in [6, 6.07) is 10.1. The molecule has 0 radical (unpaired) electrons. The fraction of sp³-hybridized carbons (Fsp3) is 0.471. The summed E-state index contributed by atoms with van der Waals surface area (Å²) in [6.45, 7) is 2.04. The number of hydrogen-bond acceptors (Lipinski definition) is 2. The van der Waals surface area contributed by atoms with Crippen LogP contribution in [0.4, 0.5) is 0 Å². The Morgan fingerprint density at radius 3 is 2.74 bits per heavy atom. The molecule has 0 saturated heterocycles. The summed E-state index contributed by atoms with van der Waals surface area (Å²) in [5.41, 5.74) is 2.50. The summed E-state index contributed by atoms with van der Waals surface area (Å²) >= 11 is 0. The predicted octanol–water partition coefficient (Wildman–Crippen LogP) is 3.64. The van der Waals surface area contributed by atoms with Gasteiger partial charge < -0.3 is 4.74 Å². The molecule has 0 N–H and O–H groups in total. The Labute approximate surface area is 113 Å². The molecule has 2 fully saturated rings. The molecule has 0 aromatic heterocycles. The second kappa shape index (κ2) is 3.96. The van der Waals surface area contributed by atoms with Gasteiger partial charge in [-0.3, -0.25) is 4.79 Å². The standard InChI is InChI=1S/C17H18O2/c1-10-14-12-7-8-13(9-12)15(14)16(19-17(10)18)11-5-3-2-4-6-11/h2-6,10,12-14H,7-9H2,1H3. The summed E-state index contributed by atoms with van der Waals surface area (Å²) in [6.07, 6.45) is 3.83. The third-order valence-corrected chi connectivity index (χ3v) is 5.19. The van der Waals surface area contributed by atoms with Crippen LogP contribution in [0.25, 0.3) is 5.76 Å². The third-order valence-electron chi connectivity index (χ3n) is 5.19. The molecular weight excluding hydrogens is 236 g/mol. The van der Waals surface area contributed by atoms with Crippen molar-refractivity contribution in [2.75, 3.05) is 0 Å². The quantitative estimate of drug-likeness (QED) is 0.715. The monoisotopic (exact) mass is 254 g/mol. The van der Waals surface area contributed by atoms with E-state index in [-0.39, 0.29) is 11.9 Å². The molecule has 4 unspecified atom stereocenters. The highest BCUT2D eigenvalue weighted by Crippen LogP contribution is 2.58. The molecule has 4 atom stereocenters. The number of cyclic esters (lactones) is 1. The smallest absolute Gasteiger partial charge is 0.314 e. The normalized spacial score (nSPS) is 36.4. The first kappa shape index (κ1) is 11.3. The van der Waals surface area contributed by atoms with Crippen molar-refractivity contribution in [3.63, 3.8) is 0 Å². The number of carbonyl (C=O) groups is 1.